The Morgan fingerprint density at radius 1 is 0.652 bits per heavy atom. The average molecular weight is 353 g/mol. The largest absolute Gasteiger partial charge is 0.430 e. The number of hydrogen-bond donors (Lipinski definition) is 0. The molecule has 0 atom stereocenters. The predicted molar refractivity (Wildman–Crippen MR) is 71.2 cm³/mol. The number of halogens is 6. The summed E-state index contributed by atoms with van der Waals surface area (Å²) in [5, 5.41) is 0.151. The molecule has 0 bridgehead atoms. The fourth-order valence-corrected chi connectivity index (χ4v) is 4.18. The molecule has 1 fully saturated rings. The molecule has 1 heterocycles. The fraction of sp³-hybridized carbons (Fsp3) is 0.143. The van der Waals surface area contributed by atoms with Crippen molar-refractivity contribution < 1.29 is 35.7 Å². The van der Waals surface area contributed by atoms with Crippen LogP contribution in [-0.4, -0.2) is 0 Å². The minimum absolute atomic E-state index is 0.0756. The lowest BCUT2D eigenvalue weighted by molar-refractivity contribution is -0.138. The lowest BCUT2D eigenvalue weighted by atomic mass is 10.2. The maximum absolute atomic E-state index is 12.8. The van der Waals surface area contributed by atoms with E-state index in [-0.39, 0.29) is 10.6 Å². The third-order valence-corrected chi connectivity index (χ3v) is 5.61. The Balaban J connectivity index is 2.04. The Kier molecular flexibility index (Phi) is 3.66. The Bertz CT molecular complexity index is 677. The summed E-state index contributed by atoms with van der Waals surface area (Å²) in [6, 6.07) is 8.43. The minimum atomic E-state index is -4.57. The third kappa shape index (κ3) is 3.06. The molecule has 1 aliphatic rings. The van der Waals surface area contributed by atoms with E-state index >= 15 is 0 Å². The van der Waals surface area contributed by atoms with Gasteiger partial charge in [-0.05, 0) is 36.4 Å². The Morgan fingerprint density at radius 2 is 1.04 bits per heavy atom. The highest BCUT2D eigenvalue weighted by Gasteiger charge is 2.68. The maximum Gasteiger partial charge on any atom is 0.430 e. The average Bonchev–Trinajstić information content (AvgIpc) is 3.27. The van der Waals surface area contributed by atoms with Crippen LogP contribution in [0.5, 0.6) is 0 Å². The fourth-order valence-electron chi connectivity index (χ4n) is 2.09. The summed E-state index contributed by atoms with van der Waals surface area (Å²) in [5.74, 6) is 0. The first-order valence-corrected chi connectivity index (χ1v) is 7.88. The van der Waals surface area contributed by atoms with E-state index in [1.807, 2.05) is 0 Å². The van der Waals surface area contributed by atoms with Crippen molar-refractivity contribution in [3.63, 3.8) is 0 Å². The molecular formula is C14H8F6O2P+. The molecule has 0 radical (unpaired) electrons. The summed E-state index contributed by atoms with van der Waals surface area (Å²) in [4.78, 5) is 0. The summed E-state index contributed by atoms with van der Waals surface area (Å²) in [6.45, 7) is 0. The molecule has 9 heteroatoms. The van der Waals surface area contributed by atoms with Crippen molar-refractivity contribution >= 4 is 18.3 Å². The zero-order chi connectivity index (χ0) is 16.9. The molecule has 0 saturated carbocycles. The molecular weight excluding hydrogens is 345 g/mol. The number of alkyl halides is 6. The molecule has 3 rings (SSSR count). The van der Waals surface area contributed by atoms with Crippen LogP contribution in [0.25, 0.3) is 0 Å². The van der Waals surface area contributed by atoms with Gasteiger partial charge >= 0.3 is 20.1 Å². The highest BCUT2D eigenvalue weighted by atomic mass is 31.2. The normalized spacial score (nSPS) is 17.1. The zero-order valence-electron chi connectivity index (χ0n) is 11.2. The molecule has 1 aliphatic heterocycles. The second kappa shape index (κ2) is 5.19. The quantitative estimate of drug-likeness (QED) is 0.344. The van der Waals surface area contributed by atoms with Crippen LogP contribution >= 0.6 is 7.72 Å². The standard InChI is InChI=1S/C14H8F6O2P/c15-13(16,17)9-3-1-5-11(7-9)23(21-22-23)12-6-2-4-10(8-12)14(18,19)20/h1-8H/q+1. The molecule has 23 heavy (non-hydrogen) atoms. The van der Waals surface area contributed by atoms with E-state index in [4.69, 9.17) is 9.35 Å². The van der Waals surface area contributed by atoms with Gasteiger partial charge in [-0.15, -0.1) is 0 Å². The summed E-state index contributed by atoms with van der Waals surface area (Å²) in [5.41, 5.74) is -1.83. The molecule has 2 nitrogen and oxygen atoms in total. The molecule has 0 aliphatic carbocycles. The van der Waals surface area contributed by atoms with Crippen molar-refractivity contribution in [3.05, 3.63) is 59.7 Å². The molecule has 2 aromatic carbocycles. The summed E-state index contributed by atoms with van der Waals surface area (Å²) >= 11 is 0. The van der Waals surface area contributed by atoms with Crippen molar-refractivity contribution in [1.29, 1.82) is 0 Å². The van der Waals surface area contributed by atoms with E-state index in [2.05, 4.69) is 0 Å². The first-order valence-electron chi connectivity index (χ1n) is 6.26. The smallest absolute Gasteiger partial charge is 0.166 e. The van der Waals surface area contributed by atoms with Gasteiger partial charge in [-0.25, -0.2) is 0 Å². The van der Waals surface area contributed by atoms with Gasteiger partial charge in [0.1, 0.15) is 0 Å². The maximum atomic E-state index is 12.8. The van der Waals surface area contributed by atoms with Crippen LogP contribution in [0.3, 0.4) is 0 Å². The van der Waals surface area contributed by atoms with E-state index in [1.54, 1.807) is 0 Å². The second-order valence-corrected chi connectivity index (χ2v) is 7.23. The number of hydrogen-bond acceptors (Lipinski definition) is 2. The highest BCUT2D eigenvalue weighted by Crippen LogP contribution is 2.73. The van der Waals surface area contributed by atoms with E-state index in [0.717, 1.165) is 24.3 Å². The second-order valence-electron chi connectivity index (χ2n) is 4.80. The van der Waals surface area contributed by atoms with Gasteiger partial charge in [-0.3, -0.25) is 0 Å². The SMILES string of the molecule is FC(F)(F)c1cccc([P+]2(c3cccc(C(F)(F)F)c3)OO2)c1. The molecule has 0 unspecified atom stereocenters. The highest BCUT2D eigenvalue weighted by molar-refractivity contribution is 7.84. The van der Waals surface area contributed by atoms with Crippen LogP contribution in [0, 0.1) is 0 Å². The van der Waals surface area contributed by atoms with Crippen molar-refractivity contribution in [2.75, 3.05) is 0 Å². The van der Waals surface area contributed by atoms with Crippen LogP contribution in [0.4, 0.5) is 26.3 Å². The van der Waals surface area contributed by atoms with Crippen molar-refractivity contribution in [2.24, 2.45) is 0 Å². The topological polar surface area (TPSA) is 25.1 Å². The summed E-state index contributed by atoms with van der Waals surface area (Å²) in [6.07, 6.45) is -9.13. The van der Waals surface area contributed by atoms with E-state index in [0.29, 0.717) is 0 Å². The Morgan fingerprint density at radius 3 is 1.35 bits per heavy atom. The van der Waals surface area contributed by atoms with Crippen LogP contribution in [0.15, 0.2) is 48.5 Å². The van der Waals surface area contributed by atoms with E-state index < -0.39 is 31.2 Å². The lowest BCUT2D eigenvalue weighted by Crippen LogP contribution is -2.17. The van der Waals surface area contributed by atoms with Gasteiger partial charge in [0.25, 0.3) is 0 Å². The van der Waals surface area contributed by atoms with Crippen molar-refractivity contribution in [3.8, 4) is 0 Å². The third-order valence-electron chi connectivity index (χ3n) is 3.25. The molecule has 0 N–H and O–H groups in total. The molecule has 2 aromatic rings. The van der Waals surface area contributed by atoms with Gasteiger partial charge < -0.3 is 0 Å². The van der Waals surface area contributed by atoms with Gasteiger partial charge in [0.2, 0.25) is 0 Å². The minimum Gasteiger partial charge on any atom is -0.166 e. The molecule has 0 spiro atoms. The van der Waals surface area contributed by atoms with Crippen LogP contribution in [0.1, 0.15) is 11.1 Å². The number of benzene rings is 2. The first-order chi connectivity index (χ1) is 10.6. The van der Waals surface area contributed by atoms with Crippen LogP contribution in [-0.2, 0) is 21.7 Å². The molecule has 122 valence electrons. The van der Waals surface area contributed by atoms with Gasteiger partial charge in [-0.1, -0.05) is 12.1 Å². The predicted octanol–water partition coefficient (Wildman–Crippen LogP) is 4.48. The van der Waals surface area contributed by atoms with Crippen LogP contribution < -0.4 is 10.6 Å². The van der Waals surface area contributed by atoms with Gasteiger partial charge in [-0.2, -0.15) is 26.3 Å². The van der Waals surface area contributed by atoms with Crippen molar-refractivity contribution in [1.82, 2.24) is 0 Å². The lowest BCUT2D eigenvalue weighted by Gasteiger charge is -2.08. The zero-order valence-corrected chi connectivity index (χ0v) is 12.0. The summed E-state index contributed by atoms with van der Waals surface area (Å²) < 4.78 is 86.4. The molecule has 0 aromatic heterocycles. The van der Waals surface area contributed by atoms with Gasteiger partial charge in [0, 0.05) is 9.35 Å². The Hall–Kier alpha value is -1.63. The molecule has 1 saturated heterocycles. The summed E-state index contributed by atoms with van der Waals surface area (Å²) in [7, 11) is -3.09. The van der Waals surface area contributed by atoms with E-state index in [1.165, 1.54) is 24.3 Å². The van der Waals surface area contributed by atoms with Crippen LogP contribution in [0.2, 0.25) is 0 Å². The van der Waals surface area contributed by atoms with Gasteiger partial charge in [0.05, 0.1) is 11.1 Å². The van der Waals surface area contributed by atoms with Gasteiger partial charge in [0.15, 0.2) is 10.6 Å². The molecule has 0 amide bonds. The van der Waals surface area contributed by atoms with Crippen molar-refractivity contribution in [2.45, 2.75) is 12.4 Å². The Labute approximate surface area is 127 Å². The first kappa shape index (κ1) is 16.2. The van der Waals surface area contributed by atoms with E-state index in [9.17, 15) is 26.3 Å². The number of rotatable bonds is 2. The monoisotopic (exact) mass is 353 g/mol.